The summed E-state index contributed by atoms with van der Waals surface area (Å²) < 4.78 is 10.6. The molecule has 1 heterocycles. The monoisotopic (exact) mass is 378 g/mol. The summed E-state index contributed by atoms with van der Waals surface area (Å²) in [4.78, 5) is 31.2. The Hall–Kier alpha value is -3.41. The normalized spacial score (nSPS) is 11.7. The summed E-state index contributed by atoms with van der Waals surface area (Å²) in [5.74, 6) is -0.196. The van der Waals surface area contributed by atoms with Gasteiger partial charge in [-0.05, 0) is 44.2 Å². The maximum absolute atomic E-state index is 12.6. The third kappa shape index (κ3) is 3.96. The number of esters is 1. The molecular weight excluding hydrogens is 356 g/mol. The van der Waals surface area contributed by atoms with E-state index in [0.29, 0.717) is 17.0 Å². The van der Waals surface area contributed by atoms with Gasteiger partial charge in [-0.1, -0.05) is 18.2 Å². The van der Waals surface area contributed by atoms with Gasteiger partial charge >= 0.3 is 5.97 Å². The van der Waals surface area contributed by atoms with Crippen LogP contribution in [0.25, 0.3) is 10.9 Å². The number of fused-ring (bicyclic) bond motifs is 1. The number of methoxy groups -OCH3 is 1. The molecule has 1 amide bonds. The summed E-state index contributed by atoms with van der Waals surface area (Å²) in [6, 6.07) is 16.3. The van der Waals surface area contributed by atoms with Crippen LogP contribution < -0.4 is 9.64 Å². The van der Waals surface area contributed by atoms with Crippen molar-refractivity contribution in [3.8, 4) is 5.75 Å². The van der Waals surface area contributed by atoms with E-state index in [9.17, 15) is 9.59 Å². The lowest BCUT2D eigenvalue weighted by atomic mass is 10.1. The number of aryl methyl sites for hydroxylation is 1. The number of aromatic nitrogens is 1. The van der Waals surface area contributed by atoms with Gasteiger partial charge in [0.1, 0.15) is 5.75 Å². The number of amides is 1. The molecule has 0 bridgehead atoms. The summed E-state index contributed by atoms with van der Waals surface area (Å²) in [7, 11) is 3.24. The standard InChI is InChI=1S/C22H22N2O4/c1-14-19(12-16-10-11-18(27-4)13-20(16)23-14)22(26)28-15(2)21(25)24(3)17-8-6-5-7-9-17/h5-13,15H,1-4H3. The number of hydrogen-bond donors (Lipinski definition) is 0. The number of benzene rings is 2. The van der Waals surface area contributed by atoms with E-state index < -0.39 is 12.1 Å². The summed E-state index contributed by atoms with van der Waals surface area (Å²) in [5.41, 5.74) is 2.32. The number of nitrogens with zero attached hydrogens (tertiary/aromatic N) is 2. The first-order chi connectivity index (χ1) is 13.4. The number of carbonyl (C=O) groups is 2. The minimum Gasteiger partial charge on any atom is -0.497 e. The van der Waals surface area contributed by atoms with Crippen LogP contribution in [0, 0.1) is 6.92 Å². The van der Waals surface area contributed by atoms with Crippen molar-refractivity contribution in [3.05, 3.63) is 65.9 Å². The Morgan fingerprint density at radius 1 is 1.07 bits per heavy atom. The fourth-order valence-electron chi connectivity index (χ4n) is 2.90. The minimum atomic E-state index is -0.927. The highest BCUT2D eigenvalue weighted by atomic mass is 16.5. The zero-order chi connectivity index (χ0) is 20.3. The molecule has 0 spiro atoms. The van der Waals surface area contributed by atoms with Crippen molar-refractivity contribution >= 4 is 28.5 Å². The van der Waals surface area contributed by atoms with Gasteiger partial charge in [0.15, 0.2) is 6.10 Å². The van der Waals surface area contributed by atoms with Crippen LogP contribution in [0.5, 0.6) is 5.75 Å². The first-order valence-electron chi connectivity index (χ1n) is 8.89. The summed E-state index contributed by atoms with van der Waals surface area (Å²) in [5, 5.41) is 0.790. The number of anilines is 1. The molecule has 1 aromatic heterocycles. The van der Waals surface area contributed by atoms with E-state index in [1.807, 2.05) is 36.4 Å². The number of ether oxygens (including phenoxy) is 2. The van der Waals surface area contributed by atoms with Crippen molar-refractivity contribution in [1.29, 1.82) is 0 Å². The Kier molecular flexibility index (Phi) is 5.59. The lowest BCUT2D eigenvalue weighted by Gasteiger charge is -2.21. The fourth-order valence-corrected chi connectivity index (χ4v) is 2.90. The molecule has 0 saturated heterocycles. The Morgan fingerprint density at radius 2 is 1.79 bits per heavy atom. The lowest BCUT2D eigenvalue weighted by Crippen LogP contribution is -2.37. The second-order valence-electron chi connectivity index (χ2n) is 6.46. The number of pyridine rings is 1. The van der Waals surface area contributed by atoms with Crippen LogP contribution in [-0.2, 0) is 9.53 Å². The molecule has 6 nitrogen and oxygen atoms in total. The van der Waals surface area contributed by atoms with Crippen molar-refractivity contribution in [3.63, 3.8) is 0 Å². The fraction of sp³-hybridized carbons (Fsp3) is 0.227. The predicted molar refractivity (Wildman–Crippen MR) is 108 cm³/mol. The molecule has 1 unspecified atom stereocenters. The molecular formula is C22H22N2O4. The number of likely N-dealkylation sites (N-methyl/N-ethyl adjacent to an activating group) is 1. The van der Waals surface area contributed by atoms with E-state index in [4.69, 9.17) is 9.47 Å². The number of rotatable bonds is 5. The highest BCUT2D eigenvalue weighted by molar-refractivity contribution is 6.00. The molecule has 0 N–H and O–H groups in total. The topological polar surface area (TPSA) is 68.7 Å². The average Bonchev–Trinajstić information content (AvgIpc) is 2.72. The Labute approximate surface area is 163 Å². The molecule has 0 saturated carbocycles. The van der Waals surface area contributed by atoms with Gasteiger partial charge in [0.25, 0.3) is 5.91 Å². The van der Waals surface area contributed by atoms with Crippen LogP contribution >= 0.6 is 0 Å². The minimum absolute atomic E-state index is 0.310. The summed E-state index contributed by atoms with van der Waals surface area (Å²) >= 11 is 0. The van der Waals surface area contributed by atoms with Crippen LogP contribution in [-0.4, -0.2) is 37.1 Å². The van der Waals surface area contributed by atoms with E-state index in [1.165, 1.54) is 4.90 Å². The maximum Gasteiger partial charge on any atom is 0.340 e. The van der Waals surface area contributed by atoms with Gasteiger partial charge < -0.3 is 14.4 Å². The Bertz CT molecular complexity index is 1020. The molecule has 144 valence electrons. The van der Waals surface area contributed by atoms with Crippen molar-refractivity contribution in [2.75, 3.05) is 19.1 Å². The van der Waals surface area contributed by atoms with Gasteiger partial charge in [-0.25, -0.2) is 4.79 Å². The highest BCUT2D eigenvalue weighted by Crippen LogP contribution is 2.22. The van der Waals surface area contributed by atoms with Gasteiger partial charge in [0.2, 0.25) is 0 Å². The third-order valence-corrected chi connectivity index (χ3v) is 4.54. The molecule has 0 radical (unpaired) electrons. The molecule has 3 rings (SSSR count). The average molecular weight is 378 g/mol. The van der Waals surface area contributed by atoms with Gasteiger partial charge in [0, 0.05) is 24.2 Å². The number of hydrogen-bond acceptors (Lipinski definition) is 5. The van der Waals surface area contributed by atoms with Crippen molar-refractivity contribution in [1.82, 2.24) is 4.98 Å². The maximum atomic E-state index is 12.6. The van der Waals surface area contributed by atoms with Crippen LogP contribution in [0.3, 0.4) is 0 Å². The van der Waals surface area contributed by atoms with E-state index in [2.05, 4.69) is 4.98 Å². The Balaban J connectivity index is 1.78. The molecule has 0 aliphatic heterocycles. The predicted octanol–water partition coefficient (Wildman–Crippen LogP) is 3.76. The quantitative estimate of drug-likeness (QED) is 0.633. The van der Waals surface area contributed by atoms with Gasteiger partial charge in [0.05, 0.1) is 23.9 Å². The smallest absolute Gasteiger partial charge is 0.340 e. The second-order valence-corrected chi connectivity index (χ2v) is 6.46. The van der Waals surface area contributed by atoms with Crippen molar-refractivity contribution in [2.45, 2.75) is 20.0 Å². The molecule has 6 heteroatoms. The first kappa shape index (κ1) is 19.4. The molecule has 28 heavy (non-hydrogen) atoms. The van der Waals surface area contributed by atoms with E-state index in [1.54, 1.807) is 46.2 Å². The zero-order valence-corrected chi connectivity index (χ0v) is 16.3. The molecule has 0 aliphatic carbocycles. The number of para-hydroxylation sites is 1. The zero-order valence-electron chi connectivity index (χ0n) is 16.3. The third-order valence-electron chi connectivity index (χ3n) is 4.54. The van der Waals surface area contributed by atoms with Crippen LogP contribution in [0.4, 0.5) is 5.69 Å². The molecule has 1 atom stereocenters. The summed E-state index contributed by atoms with van der Waals surface area (Å²) in [6.07, 6.45) is -0.927. The summed E-state index contributed by atoms with van der Waals surface area (Å²) in [6.45, 7) is 3.30. The second kappa shape index (κ2) is 8.08. The first-order valence-corrected chi connectivity index (χ1v) is 8.89. The number of carbonyl (C=O) groups excluding carboxylic acids is 2. The molecule has 3 aromatic rings. The van der Waals surface area contributed by atoms with E-state index >= 15 is 0 Å². The van der Waals surface area contributed by atoms with Crippen LogP contribution in [0.2, 0.25) is 0 Å². The lowest BCUT2D eigenvalue weighted by molar-refractivity contribution is -0.126. The molecule has 0 fully saturated rings. The largest absolute Gasteiger partial charge is 0.497 e. The van der Waals surface area contributed by atoms with E-state index in [-0.39, 0.29) is 5.91 Å². The van der Waals surface area contributed by atoms with E-state index in [0.717, 1.165) is 16.6 Å². The van der Waals surface area contributed by atoms with Crippen molar-refractivity contribution in [2.24, 2.45) is 0 Å². The van der Waals surface area contributed by atoms with Crippen molar-refractivity contribution < 1.29 is 19.1 Å². The van der Waals surface area contributed by atoms with Crippen LogP contribution in [0.1, 0.15) is 23.0 Å². The highest BCUT2D eigenvalue weighted by Gasteiger charge is 2.24. The molecule has 0 aliphatic rings. The Morgan fingerprint density at radius 3 is 2.46 bits per heavy atom. The molecule has 2 aromatic carbocycles. The SMILES string of the molecule is COc1ccc2cc(C(=O)OC(C)C(=O)N(C)c3ccccc3)c(C)nc2c1. The van der Waals surface area contributed by atoms with Crippen LogP contribution in [0.15, 0.2) is 54.6 Å². The van der Waals surface area contributed by atoms with Gasteiger partial charge in [-0.15, -0.1) is 0 Å². The van der Waals surface area contributed by atoms with Gasteiger partial charge in [-0.3, -0.25) is 9.78 Å². The van der Waals surface area contributed by atoms with Gasteiger partial charge in [-0.2, -0.15) is 0 Å².